The maximum absolute atomic E-state index is 15.5. The molecule has 0 spiro atoms. The van der Waals surface area contributed by atoms with Crippen molar-refractivity contribution >= 4 is 35.1 Å². The molecular formula is C29H27Cl2F5N2O5. The summed E-state index contributed by atoms with van der Waals surface area (Å²) in [7, 11) is 0. The first-order chi connectivity index (χ1) is 20.0. The van der Waals surface area contributed by atoms with E-state index in [9.17, 15) is 28.3 Å². The number of benzene rings is 2. The van der Waals surface area contributed by atoms with Crippen molar-refractivity contribution in [2.45, 2.75) is 62.4 Å². The van der Waals surface area contributed by atoms with E-state index in [4.69, 9.17) is 37.8 Å². The summed E-state index contributed by atoms with van der Waals surface area (Å²) in [5.41, 5.74) is -2.47. The van der Waals surface area contributed by atoms with Crippen LogP contribution in [-0.2, 0) is 19.7 Å². The molecule has 4 rings (SSSR count). The average molecular weight is 649 g/mol. The number of hydrogen-bond acceptors (Lipinski definition) is 5. The molecule has 2 aliphatic rings. The summed E-state index contributed by atoms with van der Waals surface area (Å²) in [6, 6.07) is 8.09. The molecule has 1 fully saturated rings. The number of carboxylic acid groups (broad SMARTS) is 2. The lowest BCUT2D eigenvalue weighted by molar-refractivity contribution is -0.192. The van der Waals surface area contributed by atoms with Gasteiger partial charge in [-0.2, -0.15) is 18.4 Å². The number of carbonyl (C=O) groups is 2. The summed E-state index contributed by atoms with van der Waals surface area (Å²) in [6.07, 6.45) is -0.464. The molecule has 14 heteroatoms. The number of alkyl halides is 3. The maximum atomic E-state index is 15.5. The van der Waals surface area contributed by atoms with E-state index in [-0.39, 0.29) is 33.7 Å². The van der Waals surface area contributed by atoms with E-state index >= 15 is 8.78 Å². The van der Waals surface area contributed by atoms with Gasteiger partial charge in [0.2, 0.25) is 0 Å². The van der Waals surface area contributed by atoms with Gasteiger partial charge in [0.05, 0.1) is 23.8 Å². The molecule has 0 aromatic heterocycles. The first-order valence-electron chi connectivity index (χ1n) is 12.8. The Labute approximate surface area is 253 Å². The number of rotatable bonds is 6. The molecule has 5 atom stereocenters. The van der Waals surface area contributed by atoms with Crippen molar-refractivity contribution < 1.29 is 46.5 Å². The van der Waals surface area contributed by atoms with Crippen LogP contribution in [0.2, 0.25) is 10.0 Å². The maximum Gasteiger partial charge on any atom is 0.490 e. The zero-order valence-corrected chi connectivity index (χ0v) is 24.3. The molecule has 0 aliphatic carbocycles. The van der Waals surface area contributed by atoms with Crippen molar-refractivity contribution in [1.29, 1.82) is 5.26 Å². The topological polar surface area (TPSA) is 120 Å². The van der Waals surface area contributed by atoms with Crippen LogP contribution in [0.1, 0.15) is 43.7 Å². The van der Waals surface area contributed by atoms with Gasteiger partial charge in [0, 0.05) is 22.5 Å². The Morgan fingerprint density at radius 1 is 1.14 bits per heavy atom. The molecule has 0 amide bonds. The molecule has 1 saturated heterocycles. The minimum Gasteiger partial charge on any atom is -0.480 e. The van der Waals surface area contributed by atoms with Crippen LogP contribution < -0.4 is 5.32 Å². The van der Waals surface area contributed by atoms with Gasteiger partial charge in [-0.3, -0.25) is 10.1 Å². The highest BCUT2D eigenvalue weighted by molar-refractivity contribution is 6.31. The fraction of sp³-hybridized carbons (Fsp3) is 0.414. The van der Waals surface area contributed by atoms with Crippen molar-refractivity contribution in [2.24, 2.45) is 5.41 Å². The van der Waals surface area contributed by atoms with Crippen LogP contribution in [0.3, 0.4) is 0 Å². The molecule has 43 heavy (non-hydrogen) atoms. The lowest BCUT2D eigenvalue weighted by Gasteiger charge is -2.41. The van der Waals surface area contributed by atoms with Gasteiger partial charge in [0.15, 0.2) is 0 Å². The van der Waals surface area contributed by atoms with E-state index < -0.39 is 58.6 Å². The lowest BCUT2D eigenvalue weighted by Crippen LogP contribution is -2.48. The largest absolute Gasteiger partial charge is 0.490 e. The number of nitrogens with zero attached hydrogens (tertiary/aromatic N) is 1. The third-order valence-electron chi connectivity index (χ3n) is 7.65. The Bertz CT molecular complexity index is 1450. The highest BCUT2D eigenvalue weighted by Crippen LogP contribution is 2.53. The second-order valence-corrected chi connectivity index (χ2v) is 11.6. The SMILES string of the molecule is CC(C)(C[C@@H]1N[C@@H](C(=O)O)[C@H](c2cccc(Cl)c2F)[C@@]1(C#N)c1ccc(Cl)cc1F)C1CC=CCO1.O=C(O)C(F)(F)F. The monoisotopic (exact) mass is 648 g/mol. The van der Waals surface area contributed by atoms with Crippen molar-refractivity contribution in [3.8, 4) is 6.07 Å². The van der Waals surface area contributed by atoms with Crippen LogP contribution in [0.5, 0.6) is 0 Å². The van der Waals surface area contributed by atoms with E-state index in [2.05, 4.69) is 11.4 Å². The molecule has 2 aliphatic heterocycles. The molecule has 0 bridgehead atoms. The van der Waals surface area contributed by atoms with Gasteiger partial charge in [0.25, 0.3) is 0 Å². The second-order valence-electron chi connectivity index (χ2n) is 10.8. The number of halogens is 7. The predicted molar refractivity (Wildman–Crippen MR) is 147 cm³/mol. The van der Waals surface area contributed by atoms with Crippen molar-refractivity contribution in [1.82, 2.24) is 5.32 Å². The Morgan fingerprint density at radius 3 is 2.30 bits per heavy atom. The normalized spacial score (nSPS) is 25.4. The minimum absolute atomic E-state index is 0.0553. The molecule has 2 aromatic carbocycles. The number of nitriles is 1. The molecule has 0 saturated carbocycles. The van der Waals surface area contributed by atoms with E-state index in [1.807, 2.05) is 26.0 Å². The number of nitrogens with one attached hydrogen (secondary N) is 1. The van der Waals surface area contributed by atoms with E-state index in [1.165, 1.54) is 30.3 Å². The molecule has 2 heterocycles. The van der Waals surface area contributed by atoms with Gasteiger partial charge in [0.1, 0.15) is 23.1 Å². The number of ether oxygens (including phenoxy) is 1. The molecule has 1 unspecified atom stereocenters. The number of carboxylic acids is 2. The molecule has 7 nitrogen and oxygen atoms in total. The van der Waals surface area contributed by atoms with Crippen LogP contribution in [0.15, 0.2) is 48.6 Å². The molecular weight excluding hydrogens is 622 g/mol. The average Bonchev–Trinajstić information content (AvgIpc) is 3.24. The Balaban J connectivity index is 0.000000646. The summed E-state index contributed by atoms with van der Waals surface area (Å²) in [4.78, 5) is 21.4. The Morgan fingerprint density at radius 2 is 1.79 bits per heavy atom. The summed E-state index contributed by atoms with van der Waals surface area (Å²) >= 11 is 12.1. The standard InChI is InChI=1S/C27H26Cl2F2N2O3.C2HF3O2/c1-26(2,21-8-3-4-11-36-21)13-20-27(14-32,17-10-9-15(28)12-19(17)30)22(24(33-20)25(34)35)16-6-5-7-18(29)23(16)31;3-2(4,5)1(6)7/h3-7,9-10,12,20-22,24,33H,8,11,13H2,1-2H3,(H,34,35);(H,6,7)/t20-,21?,22-,24+,27-;/m0./s1. The minimum atomic E-state index is -5.08. The smallest absolute Gasteiger partial charge is 0.480 e. The van der Waals surface area contributed by atoms with Crippen LogP contribution in [0.4, 0.5) is 22.0 Å². The first kappa shape index (κ1) is 34.3. The van der Waals surface area contributed by atoms with Gasteiger partial charge in [-0.25, -0.2) is 13.6 Å². The van der Waals surface area contributed by atoms with Gasteiger partial charge in [-0.15, -0.1) is 0 Å². The van der Waals surface area contributed by atoms with Gasteiger partial charge in [-0.05, 0) is 42.0 Å². The molecule has 3 N–H and O–H groups in total. The van der Waals surface area contributed by atoms with Crippen molar-refractivity contribution in [2.75, 3.05) is 6.61 Å². The fourth-order valence-electron chi connectivity index (χ4n) is 5.66. The van der Waals surface area contributed by atoms with Crippen molar-refractivity contribution in [3.05, 3.63) is 81.4 Å². The van der Waals surface area contributed by atoms with Crippen LogP contribution in [-0.4, -0.2) is 53.1 Å². The second kappa shape index (κ2) is 13.2. The molecule has 0 radical (unpaired) electrons. The molecule has 232 valence electrons. The summed E-state index contributed by atoms with van der Waals surface area (Å²) < 4.78 is 68.6. The Kier molecular flexibility index (Phi) is 10.5. The third kappa shape index (κ3) is 7.12. The summed E-state index contributed by atoms with van der Waals surface area (Å²) in [5, 5.41) is 31.0. The van der Waals surface area contributed by atoms with Crippen LogP contribution in [0, 0.1) is 28.4 Å². The fourth-order valence-corrected chi connectivity index (χ4v) is 6.00. The van der Waals surface area contributed by atoms with Crippen LogP contribution >= 0.6 is 23.2 Å². The van der Waals surface area contributed by atoms with Gasteiger partial charge >= 0.3 is 18.1 Å². The number of hydrogen-bond donors (Lipinski definition) is 3. The first-order valence-corrected chi connectivity index (χ1v) is 13.6. The predicted octanol–water partition coefficient (Wildman–Crippen LogP) is 6.64. The quantitative estimate of drug-likeness (QED) is 0.237. The summed E-state index contributed by atoms with van der Waals surface area (Å²) in [5.74, 6) is -6.95. The van der Waals surface area contributed by atoms with Gasteiger partial charge in [-0.1, -0.05) is 67.4 Å². The highest BCUT2D eigenvalue weighted by Gasteiger charge is 2.62. The van der Waals surface area contributed by atoms with E-state index in [1.54, 1.807) is 0 Å². The van der Waals surface area contributed by atoms with E-state index in [0.29, 0.717) is 13.0 Å². The zero-order valence-electron chi connectivity index (χ0n) is 22.8. The Hall–Kier alpha value is -3.24. The number of aliphatic carboxylic acids is 2. The lowest BCUT2D eigenvalue weighted by atomic mass is 9.62. The molecule has 2 aromatic rings. The third-order valence-corrected chi connectivity index (χ3v) is 8.18. The van der Waals surface area contributed by atoms with Crippen LogP contribution in [0.25, 0.3) is 0 Å². The van der Waals surface area contributed by atoms with Crippen molar-refractivity contribution in [3.63, 3.8) is 0 Å². The summed E-state index contributed by atoms with van der Waals surface area (Å²) in [6.45, 7) is 4.36. The zero-order chi connectivity index (χ0) is 32.3. The van der Waals surface area contributed by atoms with E-state index in [0.717, 1.165) is 6.07 Å². The van der Waals surface area contributed by atoms with Gasteiger partial charge < -0.3 is 14.9 Å². The highest BCUT2D eigenvalue weighted by atomic mass is 35.5.